The molecule has 8 heteroatoms. The number of hydrogen-bond donors (Lipinski definition) is 0. The van der Waals surface area contributed by atoms with Gasteiger partial charge in [-0.15, -0.1) is 0 Å². The van der Waals surface area contributed by atoms with Crippen molar-refractivity contribution in [2.45, 2.75) is 59.1 Å². The van der Waals surface area contributed by atoms with Crippen molar-refractivity contribution in [3.8, 4) is 6.19 Å². The van der Waals surface area contributed by atoms with Gasteiger partial charge in [0.2, 0.25) is 0 Å². The standard InChI is InChI=1S/C21H36N4O4/c1-16(2)21(3,4)14-18(29-20(27)24-10-12-28-13-11-24)19(26)25(15-22)17-6-8-23(5)9-7-17/h16-18H,6-14H2,1-5H3. The van der Waals surface area contributed by atoms with E-state index in [1.807, 2.05) is 7.05 Å². The maximum atomic E-state index is 13.3. The topological polar surface area (TPSA) is 86.1 Å². The van der Waals surface area contributed by atoms with E-state index in [0.29, 0.717) is 38.6 Å². The lowest BCUT2D eigenvalue weighted by Gasteiger charge is -2.37. The van der Waals surface area contributed by atoms with Crippen molar-refractivity contribution in [3.05, 3.63) is 0 Å². The lowest BCUT2D eigenvalue weighted by molar-refractivity contribution is -0.142. The number of nitriles is 1. The highest BCUT2D eigenvalue weighted by Crippen LogP contribution is 2.33. The molecule has 2 heterocycles. The molecule has 0 spiro atoms. The maximum absolute atomic E-state index is 13.3. The van der Waals surface area contributed by atoms with Gasteiger partial charge in [-0.3, -0.25) is 4.79 Å². The molecule has 0 saturated carbocycles. The van der Waals surface area contributed by atoms with Gasteiger partial charge in [0.25, 0.3) is 5.91 Å². The molecular formula is C21H36N4O4. The van der Waals surface area contributed by atoms with Gasteiger partial charge in [0.05, 0.1) is 13.2 Å². The predicted molar refractivity (Wildman–Crippen MR) is 109 cm³/mol. The second kappa shape index (κ2) is 10.3. The SMILES string of the molecule is CC(C)C(C)(C)CC(OC(=O)N1CCOCC1)C(=O)N(C#N)C1CCN(C)CC1. The van der Waals surface area contributed by atoms with E-state index in [1.54, 1.807) is 4.90 Å². The molecule has 2 aliphatic rings. The minimum Gasteiger partial charge on any atom is -0.436 e. The van der Waals surface area contributed by atoms with Gasteiger partial charge in [-0.25, -0.2) is 9.69 Å². The van der Waals surface area contributed by atoms with E-state index in [0.717, 1.165) is 25.9 Å². The average Bonchev–Trinajstić information content (AvgIpc) is 2.69. The normalized spacial score (nSPS) is 20.2. The number of nitrogens with zero attached hydrogens (tertiary/aromatic N) is 4. The molecule has 0 aliphatic carbocycles. The molecule has 0 aromatic rings. The van der Waals surface area contributed by atoms with Crippen molar-refractivity contribution in [1.82, 2.24) is 14.7 Å². The third-order valence-electron chi connectivity index (χ3n) is 6.46. The summed E-state index contributed by atoms with van der Waals surface area (Å²) >= 11 is 0. The highest BCUT2D eigenvalue weighted by Gasteiger charge is 2.39. The Morgan fingerprint density at radius 1 is 1.21 bits per heavy atom. The average molecular weight is 409 g/mol. The quantitative estimate of drug-likeness (QED) is 0.495. The van der Waals surface area contributed by atoms with Crippen LogP contribution in [-0.4, -0.2) is 85.3 Å². The number of rotatable bonds is 6. The Hall–Kier alpha value is -1.85. The Bertz CT molecular complexity index is 602. The van der Waals surface area contributed by atoms with Crippen LogP contribution in [0.25, 0.3) is 0 Å². The highest BCUT2D eigenvalue weighted by atomic mass is 16.6. The summed E-state index contributed by atoms with van der Waals surface area (Å²) in [5, 5.41) is 9.73. The van der Waals surface area contributed by atoms with Gasteiger partial charge >= 0.3 is 6.09 Å². The van der Waals surface area contributed by atoms with Crippen molar-refractivity contribution in [1.29, 1.82) is 5.26 Å². The molecule has 0 aromatic heterocycles. The summed E-state index contributed by atoms with van der Waals surface area (Å²) in [6, 6.07) is -0.143. The predicted octanol–water partition coefficient (Wildman–Crippen LogP) is 2.30. The molecule has 2 aliphatic heterocycles. The number of hydrogen-bond acceptors (Lipinski definition) is 6. The Balaban J connectivity index is 2.16. The van der Waals surface area contributed by atoms with Crippen LogP contribution in [0.2, 0.25) is 0 Å². The zero-order chi connectivity index (χ0) is 21.6. The Morgan fingerprint density at radius 2 is 1.79 bits per heavy atom. The van der Waals surface area contributed by atoms with Crippen LogP contribution in [0.5, 0.6) is 0 Å². The maximum Gasteiger partial charge on any atom is 0.410 e. The molecule has 2 rings (SSSR count). The van der Waals surface area contributed by atoms with Gasteiger partial charge in [0.1, 0.15) is 0 Å². The summed E-state index contributed by atoms with van der Waals surface area (Å²) in [5.41, 5.74) is -0.223. The number of carbonyl (C=O) groups is 2. The zero-order valence-electron chi connectivity index (χ0n) is 18.5. The zero-order valence-corrected chi connectivity index (χ0v) is 18.5. The van der Waals surface area contributed by atoms with Crippen LogP contribution in [0.1, 0.15) is 47.0 Å². The third-order valence-corrected chi connectivity index (χ3v) is 6.46. The minimum absolute atomic E-state index is 0.143. The fraction of sp³-hybridized carbons (Fsp3) is 0.857. The van der Waals surface area contributed by atoms with Crippen molar-refractivity contribution in [2.24, 2.45) is 11.3 Å². The lowest BCUT2D eigenvalue weighted by Crippen LogP contribution is -2.51. The smallest absolute Gasteiger partial charge is 0.410 e. The molecule has 0 aromatic carbocycles. The fourth-order valence-corrected chi connectivity index (χ4v) is 3.55. The number of ether oxygens (including phenoxy) is 2. The summed E-state index contributed by atoms with van der Waals surface area (Å²) in [4.78, 5) is 31.0. The monoisotopic (exact) mass is 408 g/mol. The highest BCUT2D eigenvalue weighted by molar-refractivity contribution is 5.85. The van der Waals surface area contributed by atoms with E-state index in [2.05, 4.69) is 38.8 Å². The van der Waals surface area contributed by atoms with Crippen molar-refractivity contribution in [2.75, 3.05) is 46.4 Å². The first-order chi connectivity index (χ1) is 13.7. The largest absolute Gasteiger partial charge is 0.436 e. The van der Waals surface area contributed by atoms with Crippen LogP contribution in [0.4, 0.5) is 4.79 Å². The first kappa shape index (κ1) is 23.4. The van der Waals surface area contributed by atoms with Crippen LogP contribution < -0.4 is 0 Å². The molecule has 1 atom stereocenters. The van der Waals surface area contributed by atoms with Crippen LogP contribution >= 0.6 is 0 Å². The molecule has 8 nitrogen and oxygen atoms in total. The van der Waals surface area contributed by atoms with Crippen molar-refractivity contribution >= 4 is 12.0 Å². The molecule has 0 radical (unpaired) electrons. The van der Waals surface area contributed by atoms with Crippen LogP contribution in [-0.2, 0) is 14.3 Å². The van der Waals surface area contributed by atoms with E-state index in [4.69, 9.17) is 9.47 Å². The summed E-state index contributed by atoms with van der Waals surface area (Å²) in [5.74, 6) is -0.115. The first-order valence-corrected chi connectivity index (χ1v) is 10.6. The number of amides is 2. The summed E-state index contributed by atoms with van der Waals surface area (Å²) in [6.45, 7) is 11.8. The van der Waals surface area contributed by atoms with E-state index in [1.165, 1.54) is 4.90 Å². The van der Waals surface area contributed by atoms with Gasteiger partial charge in [-0.05, 0) is 50.7 Å². The molecule has 2 amide bonds. The molecule has 2 saturated heterocycles. The molecule has 2 fully saturated rings. The van der Waals surface area contributed by atoms with Crippen molar-refractivity contribution in [3.63, 3.8) is 0 Å². The van der Waals surface area contributed by atoms with Gasteiger partial charge in [-0.1, -0.05) is 27.7 Å². The van der Waals surface area contributed by atoms with E-state index >= 15 is 0 Å². The molecule has 0 bridgehead atoms. The first-order valence-electron chi connectivity index (χ1n) is 10.6. The fourth-order valence-electron chi connectivity index (χ4n) is 3.55. The Morgan fingerprint density at radius 3 is 2.31 bits per heavy atom. The summed E-state index contributed by atoms with van der Waals surface area (Å²) < 4.78 is 11.0. The Labute approximate surface area is 174 Å². The second-order valence-corrected chi connectivity index (χ2v) is 9.16. The molecule has 164 valence electrons. The number of morpholine rings is 1. The molecular weight excluding hydrogens is 372 g/mol. The summed E-state index contributed by atoms with van der Waals surface area (Å²) in [6.07, 6.45) is 2.46. The molecule has 1 unspecified atom stereocenters. The lowest BCUT2D eigenvalue weighted by atomic mass is 9.76. The van der Waals surface area contributed by atoms with Crippen LogP contribution in [0.15, 0.2) is 0 Å². The minimum atomic E-state index is -0.970. The second-order valence-electron chi connectivity index (χ2n) is 9.16. The van der Waals surface area contributed by atoms with E-state index in [9.17, 15) is 14.9 Å². The van der Waals surface area contributed by atoms with Gasteiger partial charge in [0, 0.05) is 19.1 Å². The van der Waals surface area contributed by atoms with Gasteiger partial charge in [-0.2, -0.15) is 5.26 Å². The summed E-state index contributed by atoms with van der Waals surface area (Å²) in [7, 11) is 2.03. The van der Waals surface area contributed by atoms with Gasteiger partial charge in [0.15, 0.2) is 12.3 Å². The number of likely N-dealkylation sites (tertiary alicyclic amines) is 1. The van der Waals surface area contributed by atoms with Crippen LogP contribution in [0.3, 0.4) is 0 Å². The van der Waals surface area contributed by atoms with Crippen LogP contribution in [0, 0.1) is 22.8 Å². The van der Waals surface area contributed by atoms with Gasteiger partial charge < -0.3 is 19.3 Å². The number of piperidine rings is 1. The molecule has 0 N–H and O–H groups in total. The van der Waals surface area contributed by atoms with E-state index < -0.39 is 18.1 Å². The van der Waals surface area contributed by atoms with Crippen molar-refractivity contribution < 1.29 is 19.1 Å². The van der Waals surface area contributed by atoms with E-state index in [-0.39, 0.29) is 11.5 Å². The third kappa shape index (κ3) is 6.31. The number of carbonyl (C=O) groups excluding carboxylic acids is 2. The Kier molecular flexibility index (Phi) is 8.29. The molecule has 29 heavy (non-hydrogen) atoms.